The third kappa shape index (κ3) is 4.04. The molecule has 0 radical (unpaired) electrons. The van der Waals surface area contributed by atoms with E-state index in [0.29, 0.717) is 26.3 Å². The van der Waals surface area contributed by atoms with Crippen molar-refractivity contribution < 1.29 is 9.53 Å². The fourth-order valence-corrected chi connectivity index (χ4v) is 2.52. The summed E-state index contributed by atoms with van der Waals surface area (Å²) in [6.07, 6.45) is 0. The molecule has 1 saturated heterocycles. The lowest BCUT2D eigenvalue weighted by molar-refractivity contribution is -0.140. The second-order valence-electron chi connectivity index (χ2n) is 5.16. The molecule has 1 amide bonds. The summed E-state index contributed by atoms with van der Waals surface area (Å²) in [5.41, 5.74) is 1.21. The maximum absolute atomic E-state index is 12.4. The fraction of sp³-hybridized carbons (Fsp3) is 0.533. The molecular weight excluding hydrogens is 320 g/mol. The number of rotatable bonds is 4. The summed E-state index contributed by atoms with van der Waals surface area (Å²) < 4.78 is 6.36. The van der Waals surface area contributed by atoms with Crippen LogP contribution in [0.3, 0.4) is 0 Å². The number of halogens is 1. The highest BCUT2D eigenvalue weighted by molar-refractivity contribution is 9.10. The van der Waals surface area contributed by atoms with Gasteiger partial charge in [0, 0.05) is 24.1 Å². The summed E-state index contributed by atoms with van der Waals surface area (Å²) in [5, 5.41) is 0. The Hall–Kier alpha value is -0.910. The Morgan fingerprint density at radius 2 is 1.95 bits per heavy atom. The van der Waals surface area contributed by atoms with Crippen molar-refractivity contribution in [2.24, 2.45) is 0 Å². The average molecular weight is 341 g/mol. The predicted octanol–water partition coefficient (Wildman–Crippen LogP) is 2.13. The third-order valence-corrected chi connectivity index (χ3v) is 4.22. The molecular formula is C15H21BrN2O2. The van der Waals surface area contributed by atoms with Crippen molar-refractivity contribution in [2.45, 2.75) is 19.5 Å². The molecule has 5 heteroatoms. The second-order valence-corrected chi connectivity index (χ2v) is 6.07. The molecule has 1 fully saturated rings. The number of amides is 1. The van der Waals surface area contributed by atoms with Crippen molar-refractivity contribution in [1.29, 1.82) is 0 Å². The maximum atomic E-state index is 12.4. The first-order valence-electron chi connectivity index (χ1n) is 6.89. The van der Waals surface area contributed by atoms with E-state index >= 15 is 0 Å². The van der Waals surface area contributed by atoms with Crippen molar-refractivity contribution >= 4 is 21.8 Å². The van der Waals surface area contributed by atoms with Crippen LogP contribution in [-0.4, -0.2) is 55.1 Å². The van der Waals surface area contributed by atoms with Gasteiger partial charge in [0.05, 0.1) is 19.3 Å². The molecule has 1 aliphatic heterocycles. The number of benzene rings is 1. The van der Waals surface area contributed by atoms with E-state index in [-0.39, 0.29) is 11.9 Å². The lowest BCUT2D eigenvalue weighted by Crippen LogP contribution is -2.49. The van der Waals surface area contributed by atoms with Crippen LogP contribution in [0.25, 0.3) is 0 Å². The number of morpholine rings is 1. The summed E-state index contributed by atoms with van der Waals surface area (Å²) in [4.78, 5) is 16.4. The van der Waals surface area contributed by atoms with E-state index in [0.717, 1.165) is 11.0 Å². The quantitative estimate of drug-likeness (QED) is 0.841. The molecule has 0 spiro atoms. The molecule has 0 bridgehead atoms. The van der Waals surface area contributed by atoms with Crippen LogP contribution in [0, 0.1) is 0 Å². The van der Waals surface area contributed by atoms with Gasteiger partial charge in [-0.1, -0.05) is 28.1 Å². The smallest absolute Gasteiger partial charge is 0.239 e. The number of carbonyl (C=O) groups is 1. The summed E-state index contributed by atoms with van der Waals surface area (Å²) in [7, 11) is 1.99. The van der Waals surface area contributed by atoms with Crippen LogP contribution in [0.2, 0.25) is 0 Å². The number of ether oxygens (including phenoxy) is 1. The van der Waals surface area contributed by atoms with E-state index in [4.69, 9.17) is 4.74 Å². The molecule has 1 aromatic carbocycles. The first kappa shape index (κ1) is 15.5. The molecule has 20 heavy (non-hydrogen) atoms. The molecule has 1 aromatic rings. The maximum Gasteiger partial charge on any atom is 0.239 e. The molecule has 0 aromatic heterocycles. The molecule has 2 rings (SSSR count). The molecule has 1 heterocycles. The number of nitrogens with zero attached hydrogens (tertiary/aromatic N) is 2. The van der Waals surface area contributed by atoms with Gasteiger partial charge >= 0.3 is 0 Å². The monoisotopic (exact) mass is 340 g/mol. The van der Waals surface area contributed by atoms with Gasteiger partial charge in [0.25, 0.3) is 0 Å². The largest absolute Gasteiger partial charge is 0.378 e. The van der Waals surface area contributed by atoms with Crippen molar-refractivity contribution in [3.63, 3.8) is 0 Å². The minimum atomic E-state index is -0.114. The van der Waals surface area contributed by atoms with E-state index in [9.17, 15) is 4.79 Å². The van der Waals surface area contributed by atoms with Gasteiger partial charge in [0.2, 0.25) is 5.91 Å². The van der Waals surface area contributed by atoms with Crippen LogP contribution >= 0.6 is 15.9 Å². The van der Waals surface area contributed by atoms with Gasteiger partial charge in [-0.2, -0.15) is 0 Å². The highest BCUT2D eigenvalue weighted by Gasteiger charge is 2.25. The van der Waals surface area contributed by atoms with Gasteiger partial charge in [-0.05, 0) is 31.7 Å². The van der Waals surface area contributed by atoms with Crippen LogP contribution in [0.15, 0.2) is 28.7 Å². The Kier molecular flexibility index (Phi) is 5.57. The lowest BCUT2D eigenvalue weighted by Gasteiger charge is -2.32. The van der Waals surface area contributed by atoms with Gasteiger partial charge in [0.1, 0.15) is 0 Å². The molecule has 0 saturated carbocycles. The van der Waals surface area contributed by atoms with Crippen molar-refractivity contribution in [2.75, 3.05) is 33.4 Å². The van der Waals surface area contributed by atoms with Crippen molar-refractivity contribution in [1.82, 2.24) is 9.80 Å². The standard InChI is InChI=1S/C15H21BrN2O2/c1-12(15(19)18-7-9-20-10-8-18)17(2)11-13-3-5-14(16)6-4-13/h3-6,12H,7-11H2,1-2H3/t12-/m1/s1. The summed E-state index contributed by atoms with van der Waals surface area (Å²) >= 11 is 3.43. The third-order valence-electron chi connectivity index (χ3n) is 3.69. The average Bonchev–Trinajstić information content (AvgIpc) is 2.49. The predicted molar refractivity (Wildman–Crippen MR) is 82.5 cm³/mol. The zero-order chi connectivity index (χ0) is 14.5. The van der Waals surface area contributed by atoms with Crippen molar-refractivity contribution in [3.8, 4) is 0 Å². The summed E-state index contributed by atoms with van der Waals surface area (Å²) in [5.74, 6) is 0.188. The lowest BCUT2D eigenvalue weighted by atomic mass is 10.2. The Morgan fingerprint density at radius 1 is 1.35 bits per heavy atom. The zero-order valence-electron chi connectivity index (χ0n) is 12.0. The molecule has 110 valence electrons. The molecule has 1 atom stereocenters. The Labute approximate surface area is 128 Å². The molecule has 0 aliphatic carbocycles. The Bertz CT molecular complexity index is 444. The number of hydrogen-bond acceptors (Lipinski definition) is 3. The second kappa shape index (κ2) is 7.20. The summed E-state index contributed by atoms with van der Waals surface area (Å²) in [6, 6.07) is 8.09. The van der Waals surface area contributed by atoms with Crippen LogP contribution < -0.4 is 0 Å². The highest BCUT2D eigenvalue weighted by Crippen LogP contribution is 2.13. The van der Waals surface area contributed by atoms with Gasteiger partial charge in [0.15, 0.2) is 0 Å². The Morgan fingerprint density at radius 3 is 2.55 bits per heavy atom. The van der Waals surface area contributed by atoms with Crippen LogP contribution in [0.1, 0.15) is 12.5 Å². The fourth-order valence-electron chi connectivity index (χ4n) is 2.25. The van der Waals surface area contributed by atoms with Gasteiger partial charge in [-0.25, -0.2) is 0 Å². The first-order valence-corrected chi connectivity index (χ1v) is 7.68. The molecule has 4 nitrogen and oxygen atoms in total. The first-order chi connectivity index (χ1) is 9.58. The normalized spacial score (nSPS) is 17.3. The molecule has 0 N–H and O–H groups in total. The van der Waals surface area contributed by atoms with Crippen molar-refractivity contribution in [3.05, 3.63) is 34.3 Å². The minimum absolute atomic E-state index is 0.114. The van der Waals surface area contributed by atoms with Gasteiger partial charge < -0.3 is 9.64 Å². The zero-order valence-corrected chi connectivity index (χ0v) is 13.6. The van der Waals surface area contributed by atoms with Gasteiger partial charge in [-0.3, -0.25) is 9.69 Å². The van der Waals surface area contributed by atoms with Crippen LogP contribution in [0.5, 0.6) is 0 Å². The van der Waals surface area contributed by atoms with Crippen LogP contribution in [0.4, 0.5) is 0 Å². The van der Waals surface area contributed by atoms with E-state index < -0.39 is 0 Å². The van der Waals surface area contributed by atoms with Gasteiger partial charge in [-0.15, -0.1) is 0 Å². The SMILES string of the molecule is C[C@H](C(=O)N1CCOCC1)N(C)Cc1ccc(Br)cc1. The van der Waals surface area contributed by atoms with E-state index in [1.807, 2.05) is 31.0 Å². The number of carbonyl (C=O) groups excluding carboxylic acids is 1. The Balaban J connectivity index is 1.91. The molecule has 0 unspecified atom stereocenters. The number of likely N-dealkylation sites (N-methyl/N-ethyl adjacent to an activating group) is 1. The van der Waals surface area contributed by atoms with E-state index in [1.165, 1.54) is 5.56 Å². The topological polar surface area (TPSA) is 32.8 Å². The van der Waals surface area contributed by atoms with E-state index in [1.54, 1.807) is 0 Å². The van der Waals surface area contributed by atoms with E-state index in [2.05, 4.69) is 33.0 Å². The number of hydrogen-bond donors (Lipinski definition) is 0. The minimum Gasteiger partial charge on any atom is -0.378 e. The highest BCUT2D eigenvalue weighted by atomic mass is 79.9. The van der Waals surface area contributed by atoms with Crippen LogP contribution in [-0.2, 0) is 16.1 Å². The molecule has 1 aliphatic rings. The summed E-state index contributed by atoms with van der Waals surface area (Å²) in [6.45, 7) is 5.44.